The first-order valence-electron chi connectivity index (χ1n) is 7.96. The lowest BCUT2D eigenvalue weighted by Gasteiger charge is -2.32. The lowest BCUT2D eigenvalue weighted by Crippen LogP contribution is -2.43. The molecule has 0 unspecified atom stereocenters. The number of halogens is 2. The highest BCUT2D eigenvalue weighted by Gasteiger charge is 2.25. The lowest BCUT2D eigenvalue weighted by atomic mass is 9.79. The van der Waals surface area contributed by atoms with E-state index in [2.05, 4.69) is 64.5 Å². The average Bonchev–Trinajstić information content (AvgIpc) is 2.94. The highest BCUT2D eigenvalue weighted by molar-refractivity contribution is 14.0. The molecule has 0 saturated heterocycles. The number of aliphatic imine (C=N–C) groups is 1. The van der Waals surface area contributed by atoms with E-state index in [0.717, 1.165) is 42.1 Å². The smallest absolute Gasteiger partial charge is 0.191 e. The molecule has 0 aromatic carbocycles. The Morgan fingerprint density at radius 3 is 2.43 bits per heavy atom. The van der Waals surface area contributed by atoms with Crippen LogP contribution >= 0.6 is 51.2 Å². The van der Waals surface area contributed by atoms with Gasteiger partial charge in [-0.05, 0) is 59.7 Å². The van der Waals surface area contributed by atoms with Crippen molar-refractivity contribution >= 4 is 57.2 Å². The molecular weight excluding hydrogens is 489 g/mol. The van der Waals surface area contributed by atoms with Crippen LogP contribution in [0.5, 0.6) is 0 Å². The molecule has 1 rings (SSSR count). The van der Waals surface area contributed by atoms with Crippen LogP contribution < -0.4 is 10.6 Å². The van der Waals surface area contributed by atoms with E-state index < -0.39 is 0 Å². The van der Waals surface area contributed by atoms with E-state index in [4.69, 9.17) is 0 Å². The molecule has 0 saturated carbocycles. The number of rotatable bonds is 9. The van der Waals surface area contributed by atoms with Gasteiger partial charge in [0, 0.05) is 24.6 Å². The van der Waals surface area contributed by atoms with Crippen LogP contribution in [-0.4, -0.2) is 30.8 Å². The van der Waals surface area contributed by atoms with Gasteiger partial charge in [-0.1, -0.05) is 13.8 Å². The number of thiophene rings is 1. The lowest BCUT2D eigenvalue weighted by molar-refractivity contribution is 0.169. The first-order valence-corrected chi connectivity index (χ1v) is 9.57. The Balaban J connectivity index is 0.00000484. The van der Waals surface area contributed by atoms with E-state index in [-0.39, 0.29) is 36.0 Å². The topological polar surface area (TPSA) is 56.7 Å². The van der Waals surface area contributed by atoms with E-state index in [9.17, 15) is 5.11 Å². The molecular formula is C16H29BrIN3OS. The number of aliphatic hydroxyl groups is 1. The summed E-state index contributed by atoms with van der Waals surface area (Å²) in [6, 6.07) is 4.15. The largest absolute Gasteiger partial charge is 0.396 e. The molecule has 1 heterocycles. The molecule has 0 fully saturated rings. The molecule has 0 aliphatic rings. The summed E-state index contributed by atoms with van der Waals surface area (Å²) >= 11 is 5.19. The van der Waals surface area contributed by atoms with Gasteiger partial charge in [-0.15, -0.1) is 35.3 Å². The van der Waals surface area contributed by atoms with E-state index >= 15 is 0 Å². The maximum absolute atomic E-state index is 9.31. The Morgan fingerprint density at radius 1 is 1.26 bits per heavy atom. The molecule has 0 aliphatic carbocycles. The summed E-state index contributed by atoms with van der Waals surface area (Å²) in [4.78, 5) is 5.88. The van der Waals surface area contributed by atoms with Crippen LogP contribution in [-0.2, 0) is 6.54 Å². The number of hydrogen-bond donors (Lipinski definition) is 3. The van der Waals surface area contributed by atoms with E-state index in [1.54, 1.807) is 11.3 Å². The minimum Gasteiger partial charge on any atom is -0.396 e. The van der Waals surface area contributed by atoms with E-state index in [0.29, 0.717) is 6.54 Å². The Morgan fingerprint density at radius 2 is 1.96 bits per heavy atom. The maximum atomic E-state index is 9.31. The van der Waals surface area contributed by atoms with Crippen molar-refractivity contribution in [1.29, 1.82) is 0 Å². The Bertz CT molecular complexity index is 464. The number of nitrogens with one attached hydrogen (secondary N) is 2. The van der Waals surface area contributed by atoms with Gasteiger partial charge in [-0.25, -0.2) is 4.99 Å². The van der Waals surface area contributed by atoms with Gasteiger partial charge in [-0.2, -0.15) is 0 Å². The quantitative estimate of drug-likeness (QED) is 0.259. The van der Waals surface area contributed by atoms with Crippen molar-refractivity contribution in [2.24, 2.45) is 10.4 Å². The summed E-state index contributed by atoms with van der Waals surface area (Å²) in [6.45, 7) is 9.03. The first-order chi connectivity index (χ1) is 10.6. The fourth-order valence-corrected chi connectivity index (χ4v) is 3.79. The Hall–Kier alpha value is 0.140. The number of nitrogens with zero attached hydrogens (tertiary/aromatic N) is 1. The maximum Gasteiger partial charge on any atom is 0.191 e. The van der Waals surface area contributed by atoms with Crippen LogP contribution in [0.1, 0.15) is 44.9 Å². The highest BCUT2D eigenvalue weighted by Crippen LogP contribution is 2.29. The fraction of sp³-hybridized carbons (Fsp3) is 0.688. The predicted molar refractivity (Wildman–Crippen MR) is 115 cm³/mol. The van der Waals surface area contributed by atoms with Gasteiger partial charge in [0.15, 0.2) is 5.96 Å². The van der Waals surface area contributed by atoms with Crippen molar-refractivity contribution in [1.82, 2.24) is 10.6 Å². The van der Waals surface area contributed by atoms with E-state index in [1.165, 1.54) is 4.88 Å². The molecule has 23 heavy (non-hydrogen) atoms. The van der Waals surface area contributed by atoms with Crippen LogP contribution in [0.15, 0.2) is 20.9 Å². The summed E-state index contributed by atoms with van der Waals surface area (Å²) in [7, 11) is 0. The normalized spacial score (nSPS) is 12.0. The molecule has 0 atom stereocenters. The van der Waals surface area contributed by atoms with Gasteiger partial charge in [0.2, 0.25) is 0 Å². The van der Waals surface area contributed by atoms with Gasteiger partial charge in [0.1, 0.15) is 0 Å². The van der Waals surface area contributed by atoms with Crippen molar-refractivity contribution in [2.45, 2.75) is 46.6 Å². The van der Waals surface area contributed by atoms with Crippen LogP contribution in [0.3, 0.4) is 0 Å². The average molecular weight is 518 g/mol. The standard InChI is InChI=1S/C16H28BrN3OS.HI/c1-4-16(5-2,9-10-21)12-20-15(18-6-3)19-11-13-7-8-14(17)22-13;/h7-8,21H,4-6,9-12H2,1-3H3,(H2,18,19,20);1H. The van der Waals surface area contributed by atoms with Crippen molar-refractivity contribution < 1.29 is 5.11 Å². The minimum atomic E-state index is 0. The zero-order valence-corrected chi connectivity index (χ0v) is 18.9. The first kappa shape index (κ1) is 23.1. The van der Waals surface area contributed by atoms with Gasteiger partial charge >= 0.3 is 0 Å². The van der Waals surface area contributed by atoms with Crippen LogP contribution in [0.4, 0.5) is 0 Å². The molecule has 0 spiro atoms. The van der Waals surface area contributed by atoms with Crippen molar-refractivity contribution in [2.75, 3.05) is 19.7 Å². The van der Waals surface area contributed by atoms with Gasteiger partial charge in [0.05, 0.1) is 10.3 Å². The summed E-state index contributed by atoms with van der Waals surface area (Å²) in [5, 5.41) is 16.0. The summed E-state index contributed by atoms with van der Waals surface area (Å²) < 4.78 is 1.13. The van der Waals surface area contributed by atoms with Crippen molar-refractivity contribution in [3.63, 3.8) is 0 Å². The van der Waals surface area contributed by atoms with Crippen molar-refractivity contribution in [3.8, 4) is 0 Å². The second kappa shape index (κ2) is 12.5. The monoisotopic (exact) mass is 517 g/mol. The zero-order chi connectivity index (χ0) is 16.4. The molecule has 3 N–H and O–H groups in total. The zero-order valence-electron chi connectivity index (χ0n) is 14.2. The number of guanidine groups is 1. The summed E-state index contributed by atoms with van der Waals surface area (Å²) in [6.07, 6.45) is 2.92. The molecule has 4 nitrogen and oxygen atoms in total. The number of aliphatic hydroxyl groups excluding tert-OH is 1. The third-order valence-electron chi connectivity index (χ3n) is 4.14. The highest BCUT2D eigenvalue weighted by atomic mass is 127. The fourth-order valence-electron chi connectivity index (χ4n) is 2.39. The van der Waals surface area contributed by atoms with E-state index in [1.807, 2.05) is 0 Å². The Kier molecular flexibility index (Phi) is 12.6. The molecule has 0 amide bonds. The second-order valence-electron chi connectivity index (χ2n) is 5.44. The third kappa shape index (κ3) is 8.18. The number of hydrogen-bond acceptors (Lipinski definition) is 3. The molecule has 0 bridgehead atoms. The SMILES string of the molecule is CCNC(=NCc1ccc(Br)s1)NCC(CC)(CC)CCO.I. The van der Waals surface area contributed by atoms with Gasteiger partial charge in [-0.3, -0.25) is 0 Å². The van der Waals surface area contributed by atoms with Gasteiger partial charge < -0.3 is 15.7 Å². The molecule has 1 aromatic heterocycles. The molecule has 0 radical (unpaired) electrons. The van der Waals surface area contributed by atoms with Crippen LogP contribution in [0, 0.1) is 5.41 Å². The summed E-state index contributed by atoms with van der Waals surface area (Å²) in [5.74, 6) is 0.844. The molecule has 0 aliphatic heterocycles. The van der Waals surface area contributed by atoms with Crippen LogP contribution in [0.2, 0.25) is 0 Å². The minimum absolute atomic E-state index is 0. The third-order valence-corrected chi connectivity index (χ3v) is 5.75. The molecule has 7 heteroatoms. The Labute approximate surface area is 169 Å². The molecule has 134 valence electrons. The van der Waals surface area contributed by atoms with Crippen molar-refractivity contribution in [3.05, 3.63) is 20.8 Å². The second-order valence-corrected chi connectivity index (χ2v) is 7.98. The van der Waals surface area contributed by atoms with Gasteiger partial charge in [0.25, 0.3) is 0 Å². The predicted octanol–water partition coefficient (Wildman–Crippen LogP) is 4.37. The van der Waals surface area contributed by atoms with Crippen LogP contribution in [0.25, 0.3) is 0 Å². The summed E-state index contributed by atoms with van der Waals surface area (Å²) in [5.41, 5.74) is 0.136. The molecule has 1 aromatic rings.